The van der Waals surface area contributed by atoms with Gasteiger partial charge in [-0.3, -0.25) is 4.79 Å². The zero-order chi connectivity index (χ0) is 25.8. The Morgan fingerprint density at radius 1 is 1.11 bits per heavy atom. The number of piperidine rings is 1. The zero-order valence-corrected chi connectivity index (χ0v) is 22.3. The van der Waals surface area contributed by atoms with E-state index in [1.807, 2.05) is 44.2 Å². The molecule has 2 fully saturated rings. The van der Waals surface area contributed by atoms with E-state index in [4.69, 9.17) is 26.3 Å². The molecular formula is C29H34ClN5O2. The third kappa shape index (κ3) is 6.05. The summed E-state index contributed by atoms with van der Waals surface area (Å²) in [6, 6.07) is 11.9. The maximum atomic E-state index is 12.6. The second-order valence-electron chi connectivity index (χ2n) is 9.74. The van der Waals surface area contributed by atoms with Crippen LogP contribution >= 0.6 is 11.6 Å². The van der Waals surface area contributed by atoms with E-state index < -0.39 is 0 Å². The van der Waals surface area contributed by atoms with Gasteiger partial charge in [-0.25, -0.2) is 9.97 Å². The summed E-state index contributed by atoms with van der Waals surface area (Å²) >= 11 is 6.31. The van der Waals surface area contributed by atoms with Crippen LogP contribution in [0.2, 0.25) is 5.02 Å². The van der Waals surface area contributed by atoms with Gasteiger partial charge in [-0.15, -0.1) is 0 Å². The van der Waals surface area contributed by atoms with Crippen LogP contribution in [0.15, 0.2) is 42.5 Å². The Morgan fingerprint density at radius 3 is 2.62 bits per heavy atom. The molecule has 0 bridgehead atoms. The molecular weight excluding hydrogens is 486 g/mol. The largest absolute Gasteiger partial charge is 0.494 e. The highest BCUT2D eigenvalue weighted by Crippen LogP contribution is 2.27. The van der Waals surface area contributed by atoms with E-state index in [1.54, 1.807) is 12.1 Å². The fraction of sp³-hybridized carbons (Fsp3) is 0.414. The minimum absolute atomic E-state index is 0.236. The number of aromatic nitrogens is 2. The fourth-order valence-electron chi connectivity index (χ4n) is 5.27. The third-order valence-electron chi connectivity index (χ3n) is 7.24. The first-order valence-electron chi connectivity index (χ1n) is 13.2. The number of halogens is 1. The number of hydrogen-bond acceptors (Lipinski definition) is 6. The highest BCUT2D eigenvalue weighted by atomic mass is 35.5. The molecule has 0 aliphatic carbocycles. The monoisotopic (exact) mass is 519 g/mol. The van der Waals surface area contributed by atoms with E-state index in [2.05, 4.69) is 15.1 Å². The molecule has 3 aromatic rings. The number of benzene rings is 2. The van der Waals surface area contributed by atoms with Gasteiger partial charge in [0.25, 0.3) is 0 Å². The van der Waals surface area contributed by atoms with Gasteiger partial charge in [-0.2, -0.15) is 0 Å². The standard InChI is InChI=1S/C29H34ClN5O2/c1-3-37-24-9-6-21(26(30)19-24)7-11-28(36)32-22-8-10-27-25(18-22)20(2)31-29(33-27)35-16-12-23(13-17-35)34-14-4-5-15-34/h6-11,18-19,23H,3-5,12-17H2,1-2H3,(H,32,36). The Kier molecular flexibility index (Phi) is 7.91. The van der Waals surface area contributed by atoms with E-state index in [-0.39, 0.29) is 5.91 Å². The Balaban J connectivity index is 1.23. The lowest BCUT2D eigenvalue weighted by molar-refractivity contribution is -0.111. The van der Waals surface area contributed by atoms with Crippen molar-refractivity contribution < 1.29 is 9.53 Å². The molecule has 37 heavy (non-hydrogen) atoms. The molecule has 2 aromatic carbocycles. The number of nitrogens with one attached hydrogen (secondary N) is 1. The molecule has 8 heteroatoms. The van der Waals surface area contributed by atoms with Crippen LogP contribution in [0.3, 0.4) is 0 Å². The topological polar surface area (TPSA) is 70.6 Å². The third-order valence-corrected chi connectivity index (χ3v) is 7.57. The second-order valence-corrected chi connectivity index (χ2v) is 10.1. The van der Waals surface area contributed by atoms with Crippen LogP contribution in [0, 0.1) is 6.92 Å². The average molecular weight is 520 g/mol. The summed E-state index contributed by atoms with van der Waals surface area (Å²) in [4.78, 5) is 27.2. The number of likely N-dealkylation sites (tertiary alicyclic amines) is 1. The smallest absolute Gasteiger partial charge is 0.248 e. The van der Waals surface area contributed by atoms with Crippen molar-refractivity contribution in [2.45, 2.75) is 45.6 Å². The second kappa shape index (κ2) is 11.5. The lowest BCUT2D eigenvalue weighted by atomic mass is 10.0. The molecule has 1 amide bonds. The fourth-order valence-corrected chi connectivity index (χ4v) is 5.51. The van der Waals surface area contributed by atoms with E-state index in [9.17, 15) is 4.79 Å². The maximum Gasteiger partial charge on any atom is 0.248 e. The number of amides is 1. The van der Waals surface area contributed by atoms with Crippen molar-refractivity contribution in [2.24, 2.45) is 0 Å². The number of nitrogens with zero attached hydrogens (tertiary/aromatic N) is 4. The minimum atomic E-state index is -0.236. The summed E-state index contributed by atoms with van der Waals surface area (Å²) < 4.78 is 5.45. The summed E-state index contributed by atoms with van der Waals surface area (Å²) in [5.41, 5.74) is 3.25. The van der Waals surface area contributed by atoms with Crippen LogP contribution in [-0.2, 0) is 4.79 Å². The summed E-state index contributed by atoms with van der Waals surface area (Å²) in [5, 5.41) is 4.40. The van der Waals surface area contributed by atoms with Crippen LogP contribution in [-0.4, -0.2) is 59.6 Å². The van der Waals surface area contributed by atoms with Gasteiger partial charge in [0.05, 0.1) is 22.8 Å². The van der Waals surface area contributed by atoms with Gasteiger partial charge in [0.15, 0.2) is 0 Å². The number of carbonyl (C=O) groups is 1. The molecule has 0 atom stereocenters. The first kappa shape index (κ1) is 25.5. The SMILES string of the molecule is CCOc1ccc(C=CC(=O)Nc2ccc3nc(N4CCC(N5CCCC5)CC4)nc(C)c3c2)c(Cl)c1. The number of fused-ring (bicyclic) bond motifs is 1. The lowest BCUT2D eigenvalue weighted by Gasteiger charge is -2.36. The average Bonchev–Trinajstić information content (AvgIpc) is 3.44. The predicted molar refractivity (Wildman–Crippen MR) is 151 cm³/mol. The Hall–Kier alpha value is -3.16. The highest BCUT2D eigenvalue weighted by Gasteiger charge is 2.27. The molecule has 194 valence electrons. The van der Waals surface area contributed by atoms with Crippen molar-refractivity contribution in [1.29, 1.82) is 0 Å². The first-order chi connectivity index (χ1) is 18.0. The van der Waals surface area contributed by atoms with Crippen molar-refractivity contribution in [2.75, 3.05) is 43.0 Å². The van der Waals surface area contributed by atoms with Crippen LogP contribution in [0.5, 0.6) is 5.75 Å². The molecule has 2 saturated heterocycles. The number of ether oxygens (including phenoxy) is 1. The predicted octanol–water partition coefficient (Wildman–Crippen LogP) is 5.71. The van der Waals surface area contributed by atoms with Crippen LogP contribution in [0.4, 0.5) is 11.6 Å². The molecule has 0 saturated carbocycles. The summed E-state index contributed by atoms with van der Waals surface area (Å²) in [7, 11) is 0. The van der Waals surface area contributed by atoms with E-state index in [0.29, 0.717) is 29.1 Å². The Morgan fingerprint density at radius 2 is 1.89 bits per heavy atom. The number of hydrogen-bond donors (Lipinski definition) is 1. The molecule has 0 unspecified atom stereocenters. The molecule has 1 N–H and O–H groups in total. The number of rotatable bonds is 7. The molecule has 3 heterocycles. The van der Waals surface area contributed by atoms with Gasteiger partial charge in [-0.1, -0.05) is 11.6 Å². The molecule has 7 nitrogen and oxygen atoms in total. The maximum absolute atomic E-state index is 12.6. The summed E-state index contributed by atoms with van der Waals surface area (Å²) in [6.07, 6.45) is 8.18. The number of aryl methyl sites for hydroxylation is 1. The van der Waals surface area contributed by atoms with E-state index >= 15 is 0 Å². The van der Waals surface area contributed by atoms with Crippen LogP contribution in [0.1, 0.15) is 43.9 Å². The van der Waals surface area contributed by atoms with Crippen LogP contribution in [0.25, 0.3) is 17.0 Å². The van der Waals surface area contributed by atoms with Crippen molar-refractivity contribution in [3.8, 4) is 5.75 Å². The molecule has 0 spiro atoms. The molecule has 2 aliphatic heterocycles. The van der Waals surface area contributed by atoms with Gasteiger partial charge in [-0.05, 0) is 101 Å². The number of anilines is 2. The van der Waals surface area contributed by atoms with E-state index in [1.165, 1.54) is 44.8 Å². The normalized spacial score (nSPS) is 17.1. The quantitative estimate of drug-likeness (QED) is 0.403. The van der Waals surface area contributed by atoms with Gasteiger partial charge in [0.2, 0.25) is 11.9 Å². The van der Waals surface area contributed by atoms with Crippen molar-refractivity contribution in [3.63, 3.8) is 0 Å². The van der Waals surface area contributed by atoms with Crippen molar-refractivity contribution in [1.82, 2.24) is 14.9 Å². The van der Waals surface area contributed by atoms with Gasteiger partial charge < -0.3 is 19.9 Å². The Bertz CT molecular complexity index is 1300. The summed E-state index contributed by atoms with van der Waals surface area (Å²) in [6.45, 7) is 8.98. The molecule has 1 aromatic heterocycles. The molecule has 0 radical (unpaired) electrons. The van der Waals surface area contributed by atoms with E-state index in [0.717, 1.165) is 41.2 Å². The highest BCUT2D eigenvalue weighted by molar-refractivity contribution is 6.32. The number of carbonyl (C=O) groups excluding carboxylic acids is 1. The zero-order valence-electron chi connectivity index (χ0n) is 21.5. The van der Waals surface area contributed by atoms with Crippen molar-refractivity contribution in [3.05, 3.63) is 58.8 Å². The van der Waals surface area contributed by atoms with Gasteiger partial charge >= 0.3 is 0 Å². The van der Waals surface area contributed by atoms with Gasteiger partial charge in [0, 0.05) is 36.3 Å². The summed E-state index contributed by atoms with van der Waals surface area (Å²) in [5.74, 6) is 1.27. The first-order valence-corrected chi connectivity index (χ1v) is 13.6. The minimum Gasteiger partial charge on any atom is -0.494 e. The Labute approximate surface area is 223 Å². The molecule has 2 aliphatic rings. The van der Waals surface area contributed by atoms with Gasteiger partial charge in [0.1, 0.15) is 5.75 Å². The van der Waals surface area contributed by atoms with Crippen molar-refractivity contribution >= 4 is 46.1 Å². The molecule has 5 rings (SSSR count). The van der Waals surface area contributed by atoms with Crippen LogP contribution < -0.4 is 15.0 Å². The lowest BCUT2D eigenvalue weighted by Crippen LogP contribution is -2.44.